The number of benzene rings is 1. The Balaban J connectivity index is 1.57. The number of carbonyl (C=O) groups is 2. The maximum Gasteiger partial charge on any atom is 0.343 e. The number of hydrogen-bond donors (Lipinski definition) is 0. The lowest BCUT2D eigenvalue weighted by Gasteiger charge is -2.37. The highest BCUT2D eigenvalue weighted by atomic mass is 32.1. The minimum atomic E-state index is -0.736. The van der Waals surface area contributed by atoms with Crippen LogP contribution in [0.3, 0.4) is 0 Å². The van der Waals surface area contributed by atoms with Crippen molar-refractivity contribution in [2.24, 2.45) is 0 Å². The molecule has 2 heterocycles. The van der Waals surface area contributed by atoms with Gasteiger partial charge in [-0.2, -0.15) is 0 Å². The summed E-state index contributed by atoms with van der Waals surface area (Å²) in [6, 6.07) is 6.72. The Bertz CT molecular complexity index is 912. The molecule has 30 heavy (non-hydrogen) atoms. The van der Waals surface area contributed by atoms with E-state index in [4.69, 9.17) is 9.47 Å². The Kier molecular flexibility index (Phi) is 6.17. The van der Waals surface area contributed by atoms with Crippen LogP contribution < -0.4 is 9.64 Å². The molecule has 1 aromatic carbocycles. The van der Waals surface area contributed by atoms with Gasteiger partial charge in [0.05, 0.1) is 6.61 Å². The van der Waals surface area contributed by atoms with E-state index in [1.165, 1.54) is 29.1 Å². The summed E-state index contributed by atoms with van der Waals surface area (Å²) in [6.45, 7) is 2.80. The van der Waals surface area contributed by atoms with E-state index < -0.39 is 12.2 Å². The summed E-state index contributed by atoms with van der Waals surface area (Å²) in [5.41, 5.74) is 0.342. The van der Waals surface area contributed by atoms with Crippen molar-refractivity contribution in [1.29, 1.82) is 0 Å². The standard InChI is InChI=1S/C21H26N4O4S/c1-3-28-16-11-7-6-10-15(16)19(26)29-17-12-13-24(2)21(27)25(17)20-23-22-18(30-20)14-8-4-5-9-14/h6-7,10-11,14,17H,3-5,8-9,12-13H2,1-2H3. The highest BCUT2D eigenvalue weighted by molar-refractivity contribution is 7.15. The summed E-state index contributed by atoms with van der Waals surface area (Å²) < 4.78 is 11.3. The van der Waals surface area contributed by atoms with Crippen LogP contribution in [0.1, 0.15) is 60.3 Å². The number of nitrogens with zero attached hydrogens (tertiary/aromatic N) is 4. The summed E-state index contributed by atoms with van der Waals surface area (Å²) in [6.07, 6.45) is 4.36. The zero-order valence-electron chi connectivity index (χ0n) is 17.2. The molecule has 1 aromatic heterocycles. The minimum Gasteiger partial charge on any atom is -0.493 e. The molecule has 2 aliphatic rings. The topological polar surface area (TPSA) is 84.9 Å². The zero-order chi connectivity index (χ0) is 21.1. The summed E-state index contributed by atoms with van der Waals surface area (Å²) in [7, 11) is 1.73. The SMILES string of the molecule is CCOc1ccccc1C(=O)OC1CCN(C)C(=O)N1c1nnc(C2CCCC2)s1. The largest absolute Gasteiger partial charge is 0.493 e. The molecule has 0 N–H and O–H groups in total. The number of carbonyl (C=O) groups excluding carboxylic acids is 2. The molecule has 0 spiro atoms. The molecule has 9 heteroatoms. The third-order valence-corrected chi connectivity index (χ3v) is 6.61. The molecule has 0 radical (unpaired) electrons. The van der Waals surface area contributed by atoms with E-state index in [0.717, 1.165) is 17.8 Å². The highest BCUT2D eigenvalue weighted by Crippen LogP contribution is 2.38. The molecule has 1 aliphatic heterocycles. The number of hydrogen-bond acceptors (Lipinski definition) is 7. The zero-order valence-corrected chi connectivity index (χ0v) is 18.1. The summed E-state index contributed by atoms with van der Waals surface area (Å²) in [5.74, 6) is 0.357. The van der Waals surface area contributed by atoms with Crippen molar-refractivity contribution in [3.63, 3.8) is 0 Å². The molecule has 1 saturated heterocycles. The molecule has 2 amide bonds. The number of aromatic nitrogens is 2. The lowest BCUT2D eigenvalue weighted by atomic mass is 10.1. The molecule has 2 aromatic rings. The second-order valence-electron chi connectivity index (χ2n) is 7.56. The van der Waals surface area contributed by atoms with Crippen LogP contribution in [-0.4, -0.2) is 53.5 Å². The smallest absolute Gasteiger partial charge is 0.343 e. The fraction of sp³-hybridized carbons (Fsp3) is 0.524. The van der Waals surface area contributed by atoms with Gasteiger partial charge in [0, 0.05) is 25.9 Å². The number of ether oxygens (including phenoxy) is 2. The summed E-state index contributed by atoms with van der Waals surface area (Å²) in [4.78, 5) is 28.9. The lowest BCUT2D eigenvalue weighted by Crippen LogP contribution is -2.54. The fourth-order valence-electron chi connectivity index (χ4n) is 3.92. The monoisotopic (exact) mass is 430 g/mol. The van der Waals surface area contributed by atoms with Crippen LogP contribution in [0, 0.1) is 0 Å². The highest BCUT2D eigenvalue weighted by Gasteiger charge is 2.38. The van der Waals surface area contributed by atoms with Crippen LogP contribution in [0.2, 0.25) is 0 Å². The maximum absolute atomic E-state index is 12.9. The Labute approximate surface area is 179 Å². The number of amides is 2. The molecule has 4 rings (SSSR count). The maximum atomic E-state index is 12.9. The van der Waals surface area contributed by atoms with Crippen LogP contribution in [0.5, 0.6) is 5.75 Å². The van der Waals surface area contributed by atoms with Crippen molar-refractivity contribution in [3.8, 4) is 5.75 Å². The summed E-state index contributed by atoms with van der Waals surface area (Å²) >= 11 is 1.42. The number of esters is 1. The molecule has 2 fully saturated rings. The molecule has 8 nitrogen and oxygen atoms in total. The molecule has 1 unspecified atom stereocenters. The van der Waals surface area contributed by atoms with Crippen LogP contribution in [-0.2, 0) is 4.74 Å². The first-order valence-electron chi connectivity index (χ1n) is 10.4. The number of para-hydroxylation sites is 1. The van der Waals surface area contributed by atoms with Crippen molar-refractivity contribution in [1.82, 2.24) is 15.1 Å². The average Bonchev–Trinajstić information content (AvgIpc) is 3.43. The first-order valence-corrected chi connectivity index (χ1v) is 11.2. The van der Waals surface area contributed by atoms with Gasteiger partial charge in [0.25, 0.3) is 0 Å². The third kappa shape index (κ3) is 4.12. The fourth-order valence-corrected chi connectivity index (χ4v) is 4.96. The van der Waals surface area contributed by atoms with Gasteiger partial charge in [0.2, 0.25) is 5.13 Å². The van der Waals surface area contributed by atoms with Gasteiger partial charge in [-0.1, -0.05) is 36.3 Å². The second kappa shape index (κ2) is 8.99. The van der Waals surface area contributed by atoms with Gasteiger partial charge in [-0.15, -0.1) is 10.2 Å². The molecular weight excluding hydrogens is 404 g/mol. The molecular formula is C21H26N4O4S. The van der Waals surface area contributed by atoms with Gasteiger partial charge in [0.15, 0.2) is 6.23 Å². The van der Waals surface area contributed by atoms with Gasteiger partial charge in [-0.3, -0.25) is 0 Å². The van der Waals surface area contributed by atoms with E-state index in [-0.39, 0.29) is 6.03 Å². The van der Waals surface area contributed by atoms with E-state index in [1.807, 2.05) is 6.92 Å². The predicted octanol–water partition coefficient (Wildman–Crippen LogP) is 4.04. The van der Waals surface area contributed by atoms with Crippen LogP contribution in [0.25, 0.3) is 0 Å². The molecule has 0 bridgehead atoms. The van der Waals surface area contributed by atoms with Gasteiger partial charge in [-0.05, 0) is 31.9 Å². The van der Waals surface area contributed by atoms with Crippen molar-refractivity contribution in [3.05, 3.63) is 34.8 Å². The number of urea groups is 1. The number of rotatable bonds is 6. The molecule has 1 saturated carbocycles. The first kappa shape index (κ1) is 20.6. The van der Waals surface area contributed by atoms with Gasteiger partial charge >= 0.3 is 12.0 Å². The van der Waals surface area contributed by atoms with E-state index in [9.17, 15) is 9.59 Å². The van der Waals surface area contributed by atoms with Gasteiger partial charge in [0.1, 0.15) is 16.3 Å². The Morgan fingerprint density at radius 2 is 1.97 bits per heavy atom. The average molecular weight is 431 g/mol. The van der Waals surface area contributed by atoms with Crippen molar-refractivity contribution in [2.45, 2.75) is 51.2 Å². The second-order valence-corrected chi connectivity index (χ2v) is 8.54. The van der Waals surface area contributed by atoms with Crippen LogP contribution in [0.15, 0.2) is 24.3 Å². The minimum absolute atomic E-state index is 0.244. The van der Waals surface area contributed by atoms with Crippen molar-refractivity contribution in [2.75, 3.05) is 25.1 Å². The Hall–Kier alpha value is -2.68. The van der Waals surface area contributed by atoms with Crippen molar-refractivity contribution >= 4 is 28.5 Å². The quantitative estimate of drug-likeness (QED) is 0.643. The molecule has 1 atom stereocenters. The molecule has 1 aliphatic carbocycles. The van der Waals surface area contributed by atoms with Crippen LogP contribution >= 0.6 is 11.3 Å². The number of anilines is 1. The summed E-state index contributed by atoms with van der Waals surface area (Å²) in [5, 5.41) is 10.0. The molecule has 160 valence electrons. The predicted molar refractivity (Wildman–Crippen MR) is 113 cm³/mol. The first-order chi connectivity index (χ1) is 14.6. The van der Waals surface area contributed by atoms with Crippen molar-refractivity contribution < 1.29 is 19.1 Å². The van der Waals surface area contributed by atoms with E-state index in [2.05, 4.69) is 10.2 Å². The van der Waals surface area contributed by atoms with Crippen LogP contribution in [0.4, 0.5) is 9.93 Å². The normalized spacial score (nSPS) is 19.9. The third-order valence-electron chi connectivity index (χ3n) is 5.52. The lowest BCUT2D eigenvalue weighted by molar-refractivity contribution is 0.0225. The Morgan fingerprint density at radius 3 is 2.73 bits per heavy atom. The van der Waals surface area contributed by atoms with E-state index in [0.29, 0.717) is 41.9 Å². The van der Waals surface area contributed by atoms with E-state index in [1.54, 1.807) is 36.2 Å². The van der Waals surface area contributed by atoms with E-state index >= 15 is 0 Å². The Morgan fingerprint density at radius 1 is 1.20 bits per heavy atom. The van der Waals surface area contributed by atoms with Gasteiger partial charge in [-0.25, -0.2) is 14.5 Å². The van der Waals surface area contributed by atoms with Gasteiger partial charge < -0.3 is 14.4 Å².